The molecule has 0 radical (unpaired) electrons. The molecule has 0 aliphatic rings. The van der Waals surface area contributed by atoms with Crippen LogP contribution in [0.3, 0.4) is 0 Å². The van der Waals surface area contributed by atoms with E-state index in [1.807, 2.05) is 6.07 Å². The van der Waals surface area contributed by atoms with E-state index in [9.17, 15) is 9.59 Å². The van der Waals surface area contributed by atoms with Gasteiger partial charge in [-0.3, -0.25) is 9.36 Å². The first kappa shape index (κ1) is 15.9. The highest BCUT2D eigenvalue weighted by molar-refractivity contribution is 6.30. The lowest BCUT2D eigenvalue weighted by atomic mass is 10.2. The molecular weight excluding hydrogens is 328 g/mol. The van der Waals surface area contributed by atoms with Crippen LogP contribution in [0, 0.1) is 11.8 Å². The van der Waals surface area contributed by atoms with E-state index in [0.717, 1.165) is 5.56 Å². The molecular formula is C18H13ClN2O3. The first-order valence-electron chi connectivity index (χ1n) is 7.23. The van der Waals surface area contributed by atoms with Crippen molar-refractivity contribution in [3.05, 3.63) is 69.7 Å². The summed E-state index contributed by atoms with van der Waals surface area (Å²) in [5.74, 6) is 4.87. The molecule has 3 aromatic rings. The van der Waals surface area contributed by atoms with Crippen LogP contribution in [-0.4, -0.2) is 17.0 Å². The average molecular weight is 341 g/mol. The van der Waals surface area contributed by atoms with Gasteiger partial charge in [0, 0.05) is 10.6 Å². The number of carbonyl (C=O) groups is 1. The molecule has 1 heterocycles. The van der Waals surface area contributed by atoms with Crippen molar-refractivity contribution in [1.29, 1.82) is 0 Å². The third-order valence-electron chi connectivity index (χ3n) is 3.31. The molecule has 3 rings (SSSR count). The zero-order chi connectivity index (χ0) is 16.9. The molecule has 1 N–H and O–H groups in total. The van der Waals surface area contributed by atoms with Crippen molar-refractivity contribution in [3.8, 4) is 11.8 Å². The van der Waals surface area contributed by atoms with Crippen LogP contribution < -0.4 is 11.1 Å². The smallest absolute Gasteiger partial charge is 0.408 e. The largest absolute Gasteiger partial charge is 0.420 e. The minimum absolute atomic E-state index is 0.116. The fraction of sp³-hybridized carbons (Fsp3) is 0.111. The fourth-order valence-corrected chi connectivity index (χ4v) is 2.41. The number of fused-ring (bicyclic) bond motifs is 1. The van der Waals surface area contributed by atoms with E-state index in [0.29, 0.717) is 16.1 Å². The average Bonchev–Trinajstić information content (AvgIpc) is 2.88. The normalized spacial score (nSPS) is 10.2. The lowest BCUT2D eigenvalue weighted by Gasteiger charge is -2.02. The zero-order valence-corrected chi connectivity index (χ0v) is 13.3. The van der Waals surface area contributed by atoms with E-state index in [4.69, 9.17) is 16.0 Å². The fourth-order valence-electron chi connectivity index (χ4n) is 2.22. The minimum atomic E-state index is -0.559. The molecule has 0 bridgehead atoms. The third-order valence-corrected chi connectivity index (χ3v) is 3.54. The highest BCUT2D eigenvalue weighted by Gasteiger charge is 2.11. The highest BCUT2D eigenvalue weighted by Crippen LogP contribution is 2.11. The summed E-state index contributed by atoms with van der Waals surface area (Å²) in [5, 5.41) is 3.26. The topological polar surface area (TPSA) is 64.2 Å². The van der Waals surface area contributed by atoms with Crippen molar-refractivity contribution in [2.75, 3.05) is 6.54 Å². The number of hydrogen-bond acceptors (Lipinski definition) is 3. The van der Waals surface area contributed by atoms with E-state index in [2.05, 4.69) is 17.2 Å². The van der Waals surface area contributed by atoms with Crippen LogP contribution in [0.1, 0.15) is 5.56 Å². The van der Waals surface area contributed by atoms with Gasteiger partial charge in [0.05, 0.1) is 12.1 Å². The molecule has 1 amide bonds. The predicted molar refractivity (Wildman–Crippen MR) is 91.8 cm³/mol. The molecule has 0 atom stereocenters. The van der Waals surface area contributed by atoms with Crippen LogP contribution in [0.2, 0.25) is 5.02 Å². The van der Waals surface area contributed by atoms with Crippen molar-refractivity contribution < 1.29 is 9.21 Å². The molecule has 0 aliphatic heterocycles. The summed E-state index contributed by atoms with van der Waals surface area (Å²) in [6, 6.07) is 14.1. The number of halogens is 1. The van der Waals surface area contributed by atoms with E-state index in [1.165, 1.54) is 4.57 Å². The molecule has 0 fully saturated rings. The maximum atomic E-state index is 12.0. The summed E-state index contributed by atoms with van der Waals surface area (Å²) < 4.78 is 6.37. The maximum absolute atomic E-state index is 12.0. The van der Waals surface area contributed by atoms with Crippen LogP contribution in [0.15, 0.2) is 57.7 Å². The molecule has 24 heavy (non-hydrogen) atoms. The number of nitrogens with one attached hydrogen (secondary N) is 1. The van der Waals surface area contributed by atoms with Crippen molar-refractivity contribution >= 4 is 28.6 Å². The molecule has 120 valence electrons. The van der Waals surface area contributed by atoms with Crippen molar-refractivity contribution in [1.82, 2.24) is 9.88 Å². The molecule has 0 aliphatic carbocycles. The Morgan fingerprint density at radius 3 is 2.88 bits per heavy atom. The quantitative estimate of drug-likeness (QED) is 0.745. The summed E-state index contributed by atoms with van der Waals surface area (Å²) in [6.45, 7) is 0.0601. The highest BCUT2D eigenvalue weighted by atomic mass is 35.5. The number of aromatic nitrogens is 1. The molecule has 1 aromatic heterocycles. The number of benzene rings is 2. The van der Waals surface area contributed by atoms with Gasteiger partial charge in [0.25, 0.3) is 0 Å². The molecule has 5 nitrogen and oxygen atoms in total. The van der Waals surface area contributed by atoms with E-state index >= 15 is 0 Å². The zero-order valence-electron chi connectivity index (χ0n) is 12.6. The number of carbonyl (C=O) groups excluding carboxylic acids is 1. The van der Waals surface area contributed by atoms with Crippen LogP contribution in [-0.2, 0) is 11.3 Å². The van der Waals surface area contributed by atoms with Gasteiger partial charge in [-0.05, 0) is 30.3 Å². The number of hydrogen-bond donors (Lipinski definition) is 1. The molecule has 0 spiro atoms. The first-order chi connectivity index (χ1) is 11.6. The van der Waals surface area contributed by atoms with Gasteiger partial charge in [0.1, 0.15) is 6.54 Å². The molecule has 0 unspecified atom stereocenters. The number of nitrogens with zero attached hydrogens (tertiary/aromatic N) is 1. The lowest BCUT2D eigenvalue weighted by molar-refractivity contribution is -0.121. The van der Waals surface area contributed by atoms with Crippen molar-refractivity contribution in [2.24, 2.45) is 0 Å². The van der Waals surface area contributed by atoms with Crippen LogP contribution in [0.25, 0.3) is 11.1 Å². The lowest BCUT2D eigenvalue weighted by Crippen LogP contribution is -2.30. The van der Waals surface area contributed by atoms with Gasteiger partial charge >= 0.3 is 5.76 Å². The number of para-hydroxylation sites is 2. The van der Waals surface area contributed by atoms with Crippen molar-refractivity contribution in [2.45, 2.75) is 6.54 Å². The number of amides is 1. The van der Waals surface area contributed by atoms with E-state index in [-0.39, 0.29) is 19.0 Å². The van der Waals surface area contributed by atoms with Crippen LogP contribution in [0.5, 0.6) is 0 Å². The van der Waals surface area contributed by atoms with Crippen LogP contribution >= 0.6 is 11.6 Å². The summed E-state index contributed by atoms with van der Waals surface area (Å²) in [7, 11) is 0. The second kappa shape index (κ2) is 7.07. The summed E-state index contributed by atoms with van der Waals surface area (Å²) >= 11 is 5.87. The Bertz CT molecular complexity index is 1010. The van der Waals surface area contributed by atoms with Gasteiger partial charge in [0.15, 0.2) is 5.58 Å². The monoisotopic (exact) mass is 340 g/mol. The Hall–Kier alpha value is -2.97. The first-order valence-corrected chi connectivity index (χ1v) is 7.61. The number of rotatable bonds is 3. The molecule has 2 aromatic carbocycles. The Morgan fingerprint density at radius 2 is 2.04 bits per heavy atom. The molecule has 0 saturated carbocycles. The maximum Gasteiger partial charge on any atom is 0.420 e. The van der Waals surface area contributed by atoms with E-state index < -0.39 is 5.76 Å². The second-order valence-corrected chi connectivity index (χ2v) is 5.45. The van der Waals surface area contributed by atoms with Gasteiger partial charge in [0.2, 0.25) is 5.91 Å². The molecule has 0 saturated heterocycles. The second-order valence-electron chi connectivity index (χ2n) is 5.01. The van der Waals surface area contributed by atoms with Gasteiger partial charge in [-0.2, -0.15) is 0 Å². The van der Waals surface area contributed by atoms with Crippen LogP contribution in [0.4, 0.5) is 0 Å². The van der Waals surface area contributed by atoms with Gasteiger partial charge in [-0.1, -0.05) is 41.6 Å². The Labute approximate surface area is 142 Å². The predicted octanol–water partition coefficient (Wildman–Crippen LogP) is 2.42. The summed E-state index contributed by atoms with van der Waals surface area (Å²) in [4.78, 5) is 23.8. The summed E-state index contributed by atoms with van der Waals surface area (Å²) in [6.07, 6.45) is 0. The molecule has 6 heteroatoms. The third kappa shape index (κ3) is 3.67. The van der Waals surface area contributed by atoms with E-state index in [1.54, 1.807) is 42.5 Å². The Morgan fingerprint density at radius 1 is 1.21 bits per heavy atom. The van der Waals surface area contributed by atoms with Crippen molar-refractivity contribution in [3.63, 3.8) is 0 Å². The standard InChI is InChI=1S/C18H13ClN2O3/c19-14-7-3-5-13(11-14)6-4-10-20-17(22)12-21-15-8-1-2-9-16(15)24-18(21)23/h1-3,5,7-9,11H,10,12H2,(H,20,22). The number of oxazole rings is 1. The van der Waals surface area contributed by atoms with Gasteiger partial charge < -0.3 is 9.73 Å². The Balaban J connectivity index is 1.62. The van der Waals surface area contributed by atoms with Gasteiger partial charge in [-0.15, -0.1) is 0 Å². The Kier molecular flexibility index (Phi) is 4.69. The minimum Gasteiger partial charge on any atom is -0.408 e. The SMILES string of the molecule is O=C(Cn1c(=O)oc2ccccc21)NCC#Cc1cccc(Cl)c1. The van der Waals surface area contributed by atoms with Gasteiger partial charge in [-0.25, -0.2) is 4.79 Å². The summed E-state index contributed by atoms with van der Waals surface area (Å²) in [5.41, 5.74) is 1.81.